The summed E-state index contributed by atoms with van der Waals surface area (Å²) in [5.41, 5.74) is 0.816. The minimum atomic E-state index is -0.471. The van der Waals surface area contributed by atoms with Crippen molar-refractivity contribution in [3.63, 3.8) is 0 Å². The lowest BCUT2D eigenvalue weighted by molar-refractivity contribution is -0.135. The van der Waals surface area contributed by atoms with E-state index >= 15 is 0 Å². The number of hydrogen-bond acceptors (Lipinski definition) is 5. The molecule has 1 atom stereocenters. The van der Waals surface area contributed by atoms with E-state index < -0.39 is 6.10 Å². The molecule has 9 heteroatoms. The highest BCUT2D eigenvalue weighted by molar-refractivity contribution is 6.30. The Morgan fingerprint density at radius 1 is 1.27 bits per heavy atom. The normalized spacial score (nSPS) is 20.1. The van der Waals surface area contributed by atoms with E-state index in [0.717, 1.165) is 18.8 Å². The van der Waals surface area contributed by atoms with Gasteiger partial charge >= 0.3 is 5.69 Å². The van der Waals surface area contributed by atoms with Crippen LogP contribution in [0.3, 0.4) is 0 Å². The molecule has 0 radical (unpaired) electrons. The number of nitrogens with one attached hydrogen (secondary N) is 1. The molecule has 1 aromatic heterocycles. The number of aromatic nitrogens is 3. The number of benzene rings is 1. The highest BCUT2D eigenvalue weighted by atomic mass is 35.5. The van der Waals surface area contributed by atoms with E-state index in [1.807, 2.05) is 29.2 Å². The summed E-state index contributed by atoms with van der Waals surface area (Å²) in [6.07, 6.45) is -0.275. The first-order valence-electron chi connectivity index (χ1n) is 8.67. The Morgan fingerprint density at radius 3 is 2.85 bits per heavy atom. The second-order valence-electron chi connectivity index (χ2n) is 6.45. The van der Waals surface area contributed by atoms with Crippen molar-refractivity contribution in [2.45, 2.75) is 19.1 Å². The van der Waals surface area contributed by atoms with Gasteiger partial charge in [0.05, 0.1) is 19.6 Å². The van der Waals surface area contributed by atoms with E-state index in [4.69, 9.17) is 16.3 Å². The molecular formula is C17H20ClN5O3. The van der Waals surface area contributed by atoms with E-state index in [9.17, 15) is 9.59 Å². The number of amides is 1. The fourth-order valence-corrected chi connectivity index (χ4v) is 3.66. The predicted octanol–water partition coefficient (Wildman–Crippen LogP) is 1.04. The Morgan fingerprint density at radius 2 is 2.08 bits per heavy atom. The summed E-state index contributed by atoms with van der Waals surface area (Å²) in [7, 11) is 0. The molecule has 3 heterocycles. The van der Waals surface area contributed by atoms with Crippen molar-refractivity contribution in [2.75, 3.05) is 37.7 Å². The van der Waals surface area contributed by atoms with E-state index in [-0.39, 0.29) is 18.0 Å². The minimum absolute atomic E-state index is 0.0182. The van der Waals surface area contributed by atoms with Gasteiger partial charge in [-0.2, -0.15) is 5.10 Å². The van der Waals surface area contributed by atoms with E-state index in [0.29, 0.717) is 37.1 Å². The zero-order valence-corrected chi connectivity index (χ0v) is 15.0. The number of H-pyrrole nitrogens is 1. The zero-order chi connectivity index (χ0) is 18.1. The Bertz CT molecular complexity index is 856. The summed E-state index contributed by atoms with van der Waals surface area (Å²) in [5.74, 6) is 0.525. The molecule has 1 unspecified atom stereocenters. The number of ether oxygens (including phenoxy) is 1. The molecule has 1 aromatic carbocycles. The van der Waals surface area contributed by atoms with Gasteiger partial charge in [-0.3, -0.25) is 9.36 Å². The first-order valence-corrected chi connectivity index (χ1v) is 9.04. The van der Waals surface area contributed by atoms with Crippen LogP contribution in [0.5, 0.6) is 0 Å². The van der Waals surface area contributed by atoms with Gasteiger partial charge in [0.1, 0.15) is 6.10 Å². The maximum absolute atomic E-state index is 12.7. The van der Waals surface area contributed by atoms with Crippen LogP contribution in [0.2, 0.25) is 5.02 Å². The highest BCUT2D eigenvalue weighted by Crippen LogP contribution is 2.24. The molecule has 0 aliphatic carbocycles. The summed E-state index contributed by atoms with van der Waals surface area (Å²) < 4.78 is 7.21. The molecule has 26 heavy (non-hydrogen) atoms. The minimum Gasteiger partial charge on any atom is -0.368 e. The molecule has 138 valence electrons. The van der Waals surface area contributed by atoms with Crippen molar-refractivity contribution < 1.29 is 9.53 Å². The van der Waals surface area contributed by atoms with Crippen molar-refractivity contribution >= 4 is 23.2 Å². The molecule has 1 saturated heterocycles. The number of anilines is 1. The largest absolute Gasteiger partial charge is 0.368 e. The summed E-state index contributed by atoms with van der Waals surface area (Å²) in [4.78, 5) is 28.4. The maximum Gasteiger partial charge on any atom is 0.343 e. The van der Waals surface area contributed by atoms with Gasteiger partial charge in [0.25, 0.3) is 0 Å². The zero-order valence-electron chi connectivity index (χ0n) is 14.2. The van der Waals surface area contributed by atoms with Crippen molar-refractivity contribution in [3.05, 3.63) is 45.6 Å². The van der Waals surface area contributed by atoms with Crippen molar-refractivity contribution in [1.29, 1.82) is 0 Å². The Kier molecular flexibility index (Phi) is 4.69. The van der Waals surface area contributed by atoms with Crippen molar-refractivity contribution in [1.82, 2.24) is 19.7 Å². The van der Waals surface area contributed by atoms with Crippen molar-refractivity contribution in [2.24, 2.45) is 0 Å². The topological polar surface area (TPSA) is 83.5 Å². The smallest absolute Gasteiger partial charge is 0.343 e. The standard InChI is InChI=1S/C17H20ClN5O3/c18-12-2-1-3-13(10-12)21-4-6-22(7-5-21)15(24)11-14-16-19-20-17(25)23(16)8-9-26-14/h1-3,10,14H,4-9,11H2,(H,20,25). The van der Waals surface area contributed by atoms with Gasteiger partial charge in [-0.15, -0.1) is 0 Å². The molecule has 0 spiro atoms. The first-order chi connectivity index (χ1) is 12.6. The summed E-state index contributed by atoms with van der Waals surface area (Å²) in [6, 6.07) is 7.74. The summed E-state index contributed by atoms with van der Waals surface area (Å²) in [5, 5.41) is 7.14. The third-order valence-electron chi connectivity index (χ3n) is 4.88. The number of nitrogens with zero attached hydrogens (tertiary/aromatic N) is 4. The molecule has 1 fully saturated rings. The molecule has 0 bridgehead atoms. The van der Waals surface area contributed by atoms with Gasteiger partial charge in [0.15, 0.2) is 5.82 Å². The van der Waals surface area contributed by atoms with Crippen LogP contribution < -0.4 is 10.6 Å². The fourth-order valence-electron chi connectivity index (χ4n) is 3.48. The lowest BCUT2D eigenvalue weighted by Gasteiger charge is -2.36. The Labute approximate surface area is 155 Å². The SMILES string of the molecule is O=C(CC1OCCn2c1n[nH]c2=O)N1CCN(c2cccc(Cl)c2)CC1. The molecule has 2 aromatic rings. The monoisotopic (exact) mass is 377 g/mol. The molecule has 1 amide bonds. The number of carbonyl (C=O) groups is 1. The van der Waals surface area contributed by atoms with Gasteiger partial charge in [-0.1, -0.05) is 17.7 Å². The molecule has 0 saturated carbocycles. The van der Waals surface area contributed by atoms with Crippen LogP contribution in [0.1, 0.15) is 18.3 Å². The van der Waals surface area contributed by atoms with Gasteiger partial charge in [0, 0.05) is 36.9 Å². The fraction of sp³-hybridized carbons (Fsp3) is 0.471. The third-order valence-corrected chi connectivity index (χ3v) is 5.11. The van der Waals surface area contributed by atoms with Gasteiger partial charge in [-0.25, -0.2) is 9.89 Å². The number of halogens is 1. The van der Waals surface area contributed by atoms with Crippen LogP contribution in [-0.2, 0) is 16.1 Å². The second kappa shape index (κ2) is 7.13. The highest BCUT2D eigenvalue weighted by Gasteiger charge is 2.30. The maximum atomic E-state index is 12.7. The van der Waals surface area contributed by atoms with Gasteiger partial charge < -0.3 is 14.5 Å². The number of aromatic amines is 1. The number of hydrogen-bond donors (Lipinski definition) is 1. The van der Waals surface area contributed by atoms with Crippen LogP contribution >= 0.6 is 11.6 Å². The van der Waals surface area contributed by atoms with E-state index in [1.54, 1.807) is 4.57 Å². The average molecular weight is 378 g/mol. The molecule has 4 rings (SSSR count). The van der Waals surface area contributed by atoms with Crippen LogP contribution in [0.25, 0.3) is 0 Å². The van der Waals surface area contributed by atoms with E-state index in [1.165, 1.54) is 0 Å². The first kappa shape index (κ1) is 17.1. The average Bonchev–Trinajstić information content (AvgIpc) is 3.04. The number of piperazine rings is 1. The Balaban J connectivity index is 1.36. The summed E-state index contributed by atoms with van der Waals surface area (Å²) >= 11 is 6.06. The molecule has 2 aliphatic heterocycles. The molecule has 8 nitrogen and oxygen atoms in total. The molecule has 1 N–H and O–H groups in total. The predicted molar refractivity (Wildman–Crippen MR) is 96.4 cm³/mol. The second-order valence-corrected chi connectivity index (χ2v) is 6.89. The Hall–Kier alpha value is -2.32. The molecular weight excluding hydrogens is 358 g/mol. The quantitative estimate of drug-likeness (QED) is 0.864. The molecule has 2 aliphatic rings. The van der Waals surface area contributed by atoms with Gasteiger partial charge in [-0.05, 0) is 18.2 Å². The lowest BCUT2D eigenvalue weighted by atomic mass is 10.1. The third kappa shape index (κ3) is 3.34. The van der Waals surface area contributed by atoms with Crippen LogP contribution in [0, 0.1) is 0 Å². The summed E-state index contributed by atoms with van der Waals surface area (Å²) in [6.45, 7) is 3.67. The number of carbonyl (C=O) groups excluding carboxylic acids is 1. The lowest BCUT2D eigenvalue weighted by Crippen LogP contribution is -2.49. The van der Waals surface area contributed by atoms with Crippen molar-refractivity contribution in [3.8, 4) is 0 Å². The van der Waals surface area contributed by atoms with Gasteiger partial charge in [0.2, 0.25) is 5.91 Å². The number of rotatable bonds is 3. The van der Waals surface area contributed by atoms with Crippen LogP contribution in [-0.4, -0.2) is 58.4 Å². The van der Waals surface area contributed by atoms with E-state index in [2.05, 4.69) is 15.1 Å². The van der Waals surface area contributed by atoms with Crippen LogP contribution in [0.4, 0.5) is 5.69 Å². The van der Waals surface area contributed by atoms with Crippen LogP contribution in [0.15, 0.2) is 29.1 Å². The number of fused-ring (bicyclic) bond motifs is 1.